The summed E-state index contributed by atoms with van der Waals surface area (Å²) in [6.45, 7) is 1.39. The lowest BCUT2D eigenvalue weighted by atomic mass is 9.93. The van der Waals surface area contributed by atoms with Gasteiger partial charge in [-0.3, -0.25) is 14.2 Å². The molecular weight excluding hydrogens is 605 g/mol. The Balaban J connectivity index is 1.27. The summed E-state index contributed by atoms with van der Waals surface area (Å²) in [6, 6.07) is 18.4. The van der Waals surface area contributed by atoms with E-state index in [4.69, 9.17) is 5.10 Å². The molecule has 46 heavy (non-hydrogen) atoms. The molecule has 6 rings (SSSR count). The summed E-state index contributed by atoms with van der Waals surface area (Å²) >= 11 is 0. The molecule has 1 aliphatic rings. The van der Waals surface area contributed by atoms with Gasteiger partial charge in [-0.1, -0.05) is 30.3 Å². The van der Waals surface area contributed by atoms with Gasteiger partial charge in [0.15, 0.2) is 11.6 Å². The molecule has 7 nitrogen and oxygen atoms in total. The lowest BCUT2D eigenvalue weighted by molar-refractivity contribution is -0.325. The number of para-hydroxylation sites is 1. The average molecular weight is 638 g/mol. The van der Waals surface area contributed by atoms with E-state index in [2.05, 4.69) is 15.2 Å². The number of fused-ring (bicyclic) bond motifs is 1. The number of ether oxygens (including phenoxy) is 1. The molecule has 3 aromatic carbocycles. The molecule has 0 radical (unpaired) electrons. The molecule has 1 aliphatic carbocycles. The zero-order valence-corrected chi connectivity index (χ0v) is 25.2. The Morgan fingerprint density at radius 3 is 2.54 bits per heavy atom. The Bertz CT molecular complexity index is 1870. The van der Waals surface area contributed by atoms with Crippen LogP contribution in [0.1, 0.15) is 42.0 Å². The molecular formula is C34H32F5N5O2. The minimum Gasteiger partial charge on any atom is -0.352 e. The standard InChI is InChI=1S/C34H32F5N5O2/c1-20-31(44(25-6-4-3-5-7-25)42-33(20)23-9-11-30-24(16-23)19-40-43(30)2)18-32(45)41-29-15-21(12-13-46-34(37,38)39)14-26(29)22-8-10-27(35)28(36)17-22/h3-11,16-17,19,21,26,29H,12-15,18H2,1-2H3,(H,41,45)/t21-,26-,29+/m0/s1. The van der Waals surface area contributed by atoms with Crippen molar-refractivity contribution in [1.29, 1.82) is 0 Å². The van der Waals surface area contributed by atoms with Crippen molar-refractivity contribution in [3.8, 4) is 16.9 Å². The number of halogens is 5. The first-order chi connectivity index (χ1) is 22.0. The smallest absolute Gasteiger partial charge is 0.352 e. The molecule has 1 N–H and O–H groups in total. The van der Waals surface area contributed by atoms with Gasteiger partial charge in [0.25, 0.3) is 0 Å². The predicted molar refractivity (Wildman–Crippen MR) is 162 cm³/mol. The highest BCUT2D eigenvalue weighted by Gasteiger charge is 2.37. The zero-order valence-electron chi connectivity index (χ0n) is 25.2. The van der Waals surface area contributed by atoms with Crippen LogP contribution in [0.4, 0.5) is 22.0 Å². The molecule has 0 aliphatic heterocycles. The molecule has 0 saturated heterocycles. The lowest BCUT2D eigenvalue weighted by Gasteiger charge is -2.22. The van der Waals surface area contributed by atoms with Crippen molar-refractivity contribution in [2.45, 2.75) is 50.9 Å². The highest BCUT2D eigenvalue weighted by Crippen LogP contribution is 2.41. The van der Waals surface area contributed by atoms with Crippen LogP contribution in [0.5, 0.6) is 0 Å². The summed E-state index contributed by atoms with van der Waals surface area (Å²) in [5.41, 5.74) is 5.28. The summed E-state index contributed by atoms with van der Waals surface area (Å²) in [5.74, 6) is -2.99. The second-order valence-corrected chi connectivity index (χ2v) is 11.8. The van der Waals surface area contributed by atoms with Crippen molar-refractivity contribution in [1.82, 2.24) is 24.9 Å². The summed E-state index contributed by atoms with van der Waals surface area (Å²) in [5, 5.41) is 13.3. The van der Waals surface area contributed by atoms with Crippen molar-refractivity contribution in [2.24, 2.45) is 13.0 Å². The highest BCUT2D eigenvalue weighted by molar-refractivity contribution is 5.85. The van der Waals surface area contributed by atoms with Crippen molar-refractivity contribution in [3.05, 3.63) is 101 Å². The number of nitrogens with zero attached hydrogens (tertiary/aromatic N) is 4. The van der Waals surface area contributed by atoms with Crippen LogP contribution in [0.15, 0.2) is 72.9 Å². The molecule has 2 aromatic heterocycles. The van der Waals surface area contributed by atoms with Crippen LogP contribution in [0.3, 0.4) is 0 Å². The van der Waals surface area contributed by atoms with E-state index in [-0.39, 0.29) is 24.7 Å². The van der Waals surface area contributed by atoms with Gasteiger partial charge in [0, 0.05) is 30.0 Å². The van der Waals surface area contributed by atoms with E-state index in [1.807, 2.05) is 62.5 Å². The fraction of sp³-hybridized carbons (Fsp3) is 0.324. The average Bonchev–Trinajstić information content (AvgIpc) is 3.69. The van der Waals surface area contributed by atoms with Crippen molar-refractivity contribution >= 4 is 16.8 Å². The predicted octanol–water partition coefficient (Wildman–Crippen LogP) is 7.16. The molecule has 0 spiro atoms. The lowest BCUT2D eigenvalue weighted by Crippen LogP contribution is -2.38. The van der Waals surface area contributed by atoms with Gasteiger partial charge in [-0.15, -0.1) is 13.2 Å². The summed E-state index contributed by atoms with van der Waals surface area (Å²) in [7, 11) is 1.87. The third-order valence-electron chi connectivity index (χ3n) is 8.76. The van der Waals surface area contributed by atoms with Crippen molar-refractivity contribution in [3.63, 3.8) is 0 Å². The van der Waals surface area contributed by atoms with E-state index < -0.39 is 36.6 Å². The van der Waals surface area contributed by atoms with Crippen LogP contribution in [-0.4, -0.2) is 44.5 Å². The summed E-state index contributed by atoms with van der Waals surface area (Å²) < 4.78 is 73.3. The number of nitrogens with one attached hydrogen (secondary N) is 1. The van der Waals surface area contributed by atoms with Crippen LogP contribution in [-0.2, 0) is 23.0 Å². The molecule has 0 unspecified atom stereocenters. The van der Waals surface area contributed by atoms with Crippen molar-refractivity contribution in [2.75, 3.05) is 6.61 Å². The second-order valence-electron chi connectivity index (χ2n) is 11.8. The van der Waals surface area contributed by atoms with E-state index in [0.29, 0.717) is 29.8 Å². The number of hydrogen-bond donors (Lipinski definition) is 1. The topological polar surface area (TPSA) is 74.0 Å². The van der Waals surface area contributed by atoms with Gasteiger partial charge >= 0.3 is 6.36 Å². The monoisotopic (exact) mass is 637 g/mol. The first-order valence-corrected chi connectivity index (χ1v) is 15.0. The molecule has 1 fully saturated rings. The minimum absolute atomic E-state index is 0.0360. The fourth-order valence-corrected chi connectivity index (χ4v) is 6.51. The maximum atomic E-state index is 14.2. The van der Waals surface area contributed by atoms with E-state index in [1.165, 1.54) is 6.07 Å². The minimum atomic E-state index is -4.74. The fourth-order valence-electron chi connectivity index (χ4n) is 6.51. The largest absolute Gasteiger partial charge is 0.522 e. The Hall–Kier alpha value is -4.58. The summed E-state index contributed by atoms with van der Waals surface area (Å²) in [4.78, 5) is 13.7. The molecule has 240 valence electrons. The molecule has 1 amide bonds. The molecule has 5 aromatic rings. The van der Waals surface area contributed by atoms with Gasteiger partial charge in [-0.05, 0) is 79.6 Å². The molecule has 0 bridgehead atoms. The third-order valence-corrected chi connectivity index (χ3v) is 8.76. The number of alkyl halides is 3. The van der Waals surface area contributed by atoms with Gasteiger partial charge in [0.05, 0.1) is 41.8 Å². The Labute approximate surface area is 262 Å². The Morgan fingerprint density at radius 2 is 1.80 bits per heavy atom. The number of rotatable bonds is 9. The molecule has 2 heterocycles. The first-order valence-electron chi connectivity index (χ1n) is 15.0. The van der Waals surface area contributed by atoms with Crippen LogP contribution < -0.4 is 5.32 Å². The van der Waals surface area contributed by atoms with Crippen LogP contribution in [0, 0.1) is 24.5 Å². The van der Waals surface area contributed by atoms with E-state index in [9.17, 15) is 26.7 Å². The maximum absolute atomic E-state index is 14.2. The van der Waals surface area contributed by atoms with Gasteiger partial charge in [0.2, 0.25) is 5.91 Å². The van der Waals surface area contributed by atoms with Gasteiger partial charge in [-0.2, -0.15) is 10.2 Å². The highest BCUT2D eigenvalue weighted by atomic mass is 19.4. The van der Waals surface area contributed by atoms with Crippen LogP contribution in [0.2, 0.25) is 0 Å². The Morgan fingerprint density at radius 1 is 1.02 bits per heavy atom. The number of carbonyl (C=O) groups is 1. The number of amides is 1. The van der Waals surface area contributed by atoms with E-state index in [0.717, 1.165) is 39.8 Å². The van der Waals surface area contributed by atoms with Gasteiger partial charge < -0.3 is 5.32 Å². The Kier molecular flexibility index (Phi) is 8.65. The number of aryl methyl sites for hydroxylation is 1. The molecule has 12 heteroatoms. The number of hydrogen-bond acceptors (Lipinski definition) is 4. The van der Waals surface area contributed by atoms with Crippen molar-refractivity contribution < 1.29 is 31.5 Å². The number of carbonyl (C=O) groups excluding carboxylic acids is 1. The quantitative estimate of drug-likeness (QED) is 0.174. The third kappa shape index (κ3) is 6.67. The van der Waals surface area contributed by atoms with Crippen LogP contribution in [0.25, 0.3) is 27.8 Å². The second kappa shape index (κ2) is 12.7. The SMILES string of the molecule is Cc1c(-c2ccc3c(cnn3C)c2)nn(-c2ccccc2)c1CC(=O)N[C@@H]1C[C@@H](CCOC(F)(F)F)C[C@H]1c1ccc(F)c(F)c1. The number of benzene rings is 3. The maximum Gasteiger partial charge on any atom is 0.522 e. The normalized spacial score (nSPS) is 18.4. The molecule has 1 saturated carbocycles. The summed E-state index contributed by atoms with van der Waals surface area (Å²) in [6.07, 6.45) is -2.14. The zero-order chi connectivity index (χ0) is 32.6. The van der Waals surface area contributed by atoms with E-state index >= 15 is 0 Å². The number of aromatic nitrogens is 4. The van der Waals surface area contributed by atoms with E-state index in [1.54, 1.807) is 15.6 Å². The van der Waals surface area contributed by atoms with Gasteiger partial charge in [0.1, 0.15) is 0 Å². The van der Waals surface area contributed by atoms with Gasteiger partial charge in [-0.25, -0.2) is 13.5 Å². The van der Waals surface area contributed by atoms with Crippen LogP contribution >= 0.6 is 0 Å². The first kappa shape index (κ1) is 31.4. The molecule has 3 atom stereocenters.